The molecular weight excluding hydrogens is 370 g/mol. The minimum Gasteiger partial charge on any atom is -0.350 e. The number of rotatable bonds is 5. The van der Waals surface area contributed by atoms with Crippen LogP contribution < -0.4 is 5.32 Å². The van der Waals surface area contributed by atoms with Crippen molar-refractivity contribution >= 4 is 27.3 Å². The molecule has 6 nitrogen and oxygen atoms in total. The van der Waals surface area contributed by atoms with Crippen LogP contribution in [0.15, 0.2) is 46.1 Å². The summed E-state index contributed by atoms with van der Waals surface area (Å²) >= 11 is 1.22. The van der Waals surface area contributed by atoms with Gasteiger partial charge in [-0.2, -0.15) is 4.31 Å². The van der Waals surface area contributed by atoms with E-state index in [4.69, 9.17) is 0 Å². The maximum absolute atomic E-state index is 12.9. The zero-order valence-corrected chi connectivity index (χ0v) is 15.9. The lowest BCUT2D eigenvalue weighted by Gasteiger charge is -2.42. The maximum atomic E-state index is 12.9. The van der Waals surface area contributed by atoms with Gasteiger partial charge in [0.1, 0.15) is 4.21 Å². The van der Waals surface area contributed by atoms with E-state index in [-0.39, 0.29) is 23.8 Å². The van der Waals surface area contributed by atoms with Crippen LogP contribution in [0.5, 0.6) is 0 Å². The number of amides is 1. The van der Waals surface area contributed by atoms with Gasteiger partial charge in [0, 0.05) is 19.3 Å². The second-order valence-electron chi connectivity index (χ2n) is 7.04. The van der Waals surface area contributed by atoms with Gasteiger partial charge in [0.15, 0.2) is 0 Å². The van der Waals surface area contributed by atoms with E-state index in [1.165, 1.54) is 15.6 Å². The third-order valence-electron chi connectivity index (χ3n) is 5.54. The minimum atomic E-state index is -3.52. The van der Waals surface area contributed by atoms with Gasteiger partial charge in [-0.25, -0.2) is 8.42 Å². The predicted octanol–water partition coefficient (Wildman–Crippen LogP) is 2.25. The maximum Gasteiger partial charge on any atom is 0.252 e. The highest BCUT2D eigenvalue weighted by atomic mass is 32.2. The van der Waals surface area contributed by atoms with E-state index >= 15 is 0 Å². The Balaban J connectivity index is 1.50. The molecule has 138 valence electrons. The standard InChI is InChI=1S/C18H21N3O3S2/c22-17(20-11-14-5-1-2-9-19-14)15-12-21(13-18(15)7-4-8-18)26(23,24)16-6-3-10-25-16/h1-3,5-6,9-10,15H,4,7-8,11-13H2,(H,20,22). The number of carbonyl (C=O) groups excluding carboxylic acids is 1. The van der Waals surface area contributed by atoms with E-state index in [9.17, 15) is 13.2 Å². The second-order valence-corrected chi connectivity index (χ2v) is 10.1. The molecule has 8 heteroatoms. The van der Waals surface area contributed by atoms with Crippen LogP contribution in [0.4, 0.5) is 0 Å². The Morgan fingerprint density at radius 3 is 2.77 bits per heavy atom. The highest BCUT2D eigenvalue weighted by molar-refractivity contribution is 7.91. The summed E-state index contributed by atoms with van der Waals surface area (Å²) in [6.07, 6.45) is 4.56. The molecular formula is C18H21N3O3S2. The minimum absolute atomic E-state index is 0.0702. The molecule has 0 aromatic carbocycles. The largest absolute Gasteiger partial charge is 0.350 e. The van der Waals surface area contributed by atoms with Gasteiger partial charge in [0.05, 0.1) is 18.2 Å². The first kappa shape index (κ1) is 17.6. The SMILES string of the molecule is O=C(NCc1ccccn1)C1CN(S(=O)(=O)c2cccs2)CC12CCC2. The van der Waals surface area contributed by atoms with Crippen molar-refractivity contribution in [1.29, 1.82) is 0 Å². The molecule has 1 saturated heterocycles. The average Bonchev–Trinajstić information content (AvgIpc) is 3.28. The van der Waals surface area contributed by atoms with Crippen LogP contribution in [0.2, 0.25) is 0 Å². The number of carbonyl (C=O) groups is 1. The summed E-state index contributed by atoms with van der Waals surface area (Å²) in [7, 11) is -3.52. The molecule has 2 fully saturated rings. The lowest BCUT2D eigenvalue weighted by molar-refractivity contribution is -0.129. The van der Waals surface area contributed by atoms with Gasteiger partial charge in [-0.1, -0.05) is 18.6 Å². The van der Waals surface area contributed by atoms with Gasteiger partial charge in [-0.3, -0.25) is 9.78 Å². The van der Waals surface area contributed by atoms with Crippen LogP contribution in [0.25, 0.3) is 0 Å². The Labute approximate surface area is 157 Å². The van der Waals surface area contributed by atoms with Crippen LogP contribution in [0.1, 0.15) is 25.0 Å². The van der Waals surface area contributed by atoms with Crippen LogP contribution in [-0.4, -0.2) is 36.7 Å². The molecule has 1 N–H and O–H groups in total. The van der Waals surface area contributed by atoms with Crippen LogP contribution >= 0.6 is 11.3 Å². The molecule has 2 aromatic heterocycles. The first-order chi connectivity index (χ1) is 12.5. The number of nitrogens with one attached hydrogen (secondary N) is 1. The third kappa shape index (κ3) is 3.06. The normalized spacial score (nSPS) is 22.2. The van der Waals surface area contributed by atoms with Crippen LogP contribution in [0.3, 0.4) is 0 Å². The van der Waals surface area contributed by atoms with Gasteiger partial charge in [-0.05, 0) is 41.8 Å². The van der Waals surface area contributed by atoms with Gasteiger partial charge in [0.2, 0.25) is 5.91 Å². The molecule has 1 spiro atoms. The summed E-state index contributed by atoms with van der Waals surface area (Å²) in [5.74, 6) is -0.367. The molecule has 1 aliphatic heterocycles. The molecule has 1 unspecified atom stereocenters. The highest BCUT2D eigenvalue weighted by Gasteiger charge is 2.55. The molecule has 0 bridgehead atoms. The van der Waals surface area contributed by atoms with Crippen molar-refractivity contribution in [3.05, 3.63) is 47.6 Å². The number of aromatic nitrogens is 1. The summed E-state index contributed by atoms with van der Waals surface area (Å²) in [4.78, 5) is 17.0. The molecule has 1 aliphatic carbocycles. The molecule has 4 rings (SSSR count). The molecule has 2 aromatic rings. The Morgan fingerprint density at radius 2 is 2.15 bits per heavy atom. The molecule has 3 heterocycles. The molecule has 0 radical (unpaired) electrons. The Kier molecular flexibility index (Phi) is 4.58. The van der Waals surface area contributed by atoms with Crippen molar-refractivity contribution in [2.45, 2.75) is 30.0 Å². The third-order valence-corrected chi connectivity index (χ3v) is 8.73. The van der Waals surface area contributed by atoms with Gasteiger partial charge in [-0.15, -0.1) is 11.3 Å². The predicted molar refractivity (Wildman–Crippen MR) is 98.9 cm³/mol. The molecule has 2 aliphatic rings. The fraction of sp³-hybridized carbons (Fsp3) is 0.444. The number of sulfonamides is 1. The van der Waals surface area contributed by atoms with E-state index in [0.29, 0.717) is 17.3 Å². The molecule has 26 heavy (non-hydrogen) atoms. The topological polar surface area (TPSA) is 79.4 Å². The van der Waals surface area contributed by atoms with Crippen molar-refractivity contribution in [2.75, 3.05) is 13.1 Å². The summed E-state index contributed by atoms with van der Waals surface area (Å²) in [6, 6.07) is 8.94. The van der Waals surface area contributed by atoms with E-state index in [1.807, 2.05) is 18.2 Å². The van der Waals surface area contributed by atoms with E-state index in [0.717, 1.165) is 25.0 Å². The van der Waals surface area contributed by atoms with E-state index < -0.39 is 10.0 Å². The van der Waals surface area contributed by atoms with Crippen molar-refractivity contribution in [3.8, 4) is 0 Å². The van der Waals surface area contributed by atoms with Crippen molar-refractivity contribution in [1.82, 2.24) is 14.6 Å². The summed E-state index contributed by atoms with van der Waals surface area (Å²) in [6.45, 7) is 1.06. The number of hydrogen-bond acceptors (Lipinski definition) is 5. The fourth-order valence-electron chi connectivity index (χ4n) is 3.95. The molecule has 1 saturated carbocycles. The van der Waals surface area contributed by atoms with E-state index in [2.05, 4.69) is 10.3 Å². The summed E-state index contributed by atoms with van der Waals surface area (Å²) in [5, 5.41) is 4.71. The quantitative estimate of drug-likeness (QED) is 0.848. The number of hydrogen-bond donors (Lipinski definition) is 1. The van der Waals surface area contributed by atoms with Gasteiger partial charge >= 0.3 is 0 Å². The summed E-state index contributed by atoms with van der Waals surface area (Å²) in [5.41, 5.74) is 0.586. The zero-order chi connectivity index (χ0) is 18.2. The van der Waals surface area contributed by atoms with E-state index in [1.54, 1.807) is 23.7 Å². The lowest BCUT2D eigenvalue weighted by atomic mass is 9.62. The Bertz CT molecular complexity index is 878. The number of pyridine rings is 1. The smallest absolute Gasteiger partial charge is 0.252 e. The van der Waals surface area contributed by atoms with Gasteiger partial charge in [0.25, 0.3) is 10.0 Å². The van der Waals surface area contributed by atoms with Crippen LogP contribution in [0, 0.1) is 11.3 Å². The van der Waals surface area contributed by atoms with Crippen molar-refractivity contribution < 1.29 is 13.2 Å². The average molecular weight is 392 g/mol. The number of nitrogens with zero attached hydrogens (tertiary/aromatic N) is 2. The molecule has 1 atom stereocenters. The highest BCUT2D eigenvalue weighted by Crippen LogP contribution is 2.52. The van der Waals surface area contributed by atoms with Gasteiger partial charge < -0.3 is 5.32 Å². The Hall–Kier alpha value is -1.77. The fourth-order valence-corrected chi connectivity index (χ4v) is 6.64. The second kappa shape index (κ2) is 6.75. The van der Waals surface area contributed by atoms with Crippen molar-refractivity contribution in [3.63, 3.8) is 0 Å². The first-order valence-corrected chi connectivity index (χ1v) is 11.0. The first-order valence-electron chi connectivity index (χ1n) is 8.73. The Morgan fingerprint density at radius 1 is 1.31 bits per heavy atom. The molecule has 1 amide bonds. The number of thiophene rings is 1. The van der Waals surface area contributed by atoms with Crippen LogP contribution in [-0.2, 0) is 21.4 Å². The monoisotopic (exact) mass is 391 g/mol. The van der Waals surface area contributed by atoms with Crippen molar-refractivity contribution in [2.24, 2.45) is 11.3 Å². The zero-order valence-electron chi connectivity index (χ0n) is 14.3. The lowest BCUT2D eigenvalue weighted by Crippen LogP contribution is -2.45. The summed E-state index contributed by atoms with van der Waals surface area (Å²) < 4.78 is 27.6.